The highest BCUT2D eigenvalue weighted by molar-refractivity contribution is 9.10. The predicted molar refractivity (Wildman–Crippen MR) is 149 cm³/mol. The van der Waals surface area contributed by atoms with Crippen LogP contribution in [-0.2, 0) is 0 Å². The molecule has 0 atom stereocenters. The van der Waals surface area contributed by atoms with E-state index in [9.17, 15) is 0 Å². The van der Waals surface area contributed by atoms with Gasteiger partial charge in [0.15, 0.2) is 5.82 Å². The lowest BCUT2D eigenvalue weighted by molar-refractivity contribution is 1.19. The van der Waals surface area contributed by atoms with Crippen molar-refractivity contribution in [1.29, 1.82) is 0 Å². The fraction of sp³-hybridized carbons (Fsp3) is 0. The molecule has 0 unspecified atom stereocenters. The van der Waals surface area contributed by atoms with Crippen molar-refractivity contribution in [2.45, 2.75) is 0 Å². The number of hydrogen-bond acceptors (Lipinski definition) is 2. The Bertz CT molecular complexity index is 1630. The summed E-state index contributed by atoms with van der Waals surface area (Å²) in [6.07, 6.45) is 0. The lowest BCUT2D eigenvalue weighted by Crippen LogP contribution is -1.96. The third kappa shape index (κ3) is 4.27. The molecule has 166 valence electrons. The van der Waals surface area contributed by atoms with E-state index in [0.717, 1.165) is 49.1 Å². The van der Waals surface area contributed by atoms with E-state index in [1.165, 1.54) is 11.1 Å². The lowest BCUT2D eigenvalue weighted by Gasteiger charge is -2.12. The van der Waals surface area contributed by atoms with Crippen LogP contribution < -0.4 is 0 Å². The molecule has 1 aromatic heterocycles. The molecule has 0 aliphatic carbocycles. The van der Waals surface area contributed by atoms with Crippen LogP contribution in [0.25, 0.3) is 55.8 Å². The molecule has 0 aliphatic rings. The zero-order chi connectivity index (χ0) is 23.6. The van der Waals surface area contributed by atoms with Crippen LogP contribution >= 0.6 is 15.9 Å². The zero-order valence-electron chi connectivity index (χ0n) is 18.9. The Morgan fingerprint density at radius 2 is 0.914 bits per heavy atom. The van der Waals surface area contributed by atoms with Crippen molar-refractivity contribution in [3.63, 3.8) is 0 Å². The summed E-state index contributed by atoms with van der Waals surface area (Å²) in [4.78, 5) is 10.1. The molecule has 0 bridgehead atoms. The van der Waals surface area contributed by atoms with Crippen LogP contribution in [-0.4, -0.2) is 9.97 Å². The third-order valence-electron chi connectivity index (χ3n) is 6.20. The highest BCUT2D eigenvalue weighted by Crippen LogP contribution is 2.34. The molecule has 0 aliphatic heterocycles. The highest BCUT2D eigenvalue weighted by Gasteiger charge is 2.14. The molecule has 0 spiro atoms. The van der Waals surface area contributed by atoms with E-state index >= 15 is 0 Å². The zero-order valence-corrected chi connectivity index (χ0v) is 20.5. The summed E-state index contributed by atoms with van der Waals surface area (Å²) in [7, 11) is 0. The predicted octanol–water partition coefficient (Wildman–Crippen LogP) is 9.06. The van der Waals surface area contributed by atoms with Gasteiger partial charge in [-0.05, 0) is 40.1 Å². The largest absolute Gasteiger partial charge is 0.228 e. The Labute approximate surface area is 213 Å². The minimum Gasteiger partial charge on any atom is -0.228 e. The van der Waals surface area contributed by atoms with Crippen LogP contribution in [0.1, 0.15) is 0 Å². The SMILES string of the molecule is Brc1ccc(-c2nc(-c3ccccc3)cc(-c3ccc(-c4ccccc4)cc3)n2)c2ccccc12. The van der Waals surface area contributed by atoms with Gasteiger partial charge in [-0.1, -0.05) is 125 Å². The summed E-state index contributed by atoms with van der Waals surface area (Å²) >= 11 is 3.69. The van der Waals surface area contributed by atoms with Crippen LogP contribution in [0.4, 0.5) is 0 Å². The van der Waals surface area contributed by atoms with Gasteiger partial charge in [0.1, 0.15) is 0 Å². The Morgan fingerprint density at radius 1 is 0.429 bits per heavy atom. The maximum Gasteiger partial charge on any atom is 0.161 e. The van der Waals surface area contributed by atoms with Gasteiger partial charge in [0.25, 0.3) is 0 Å². The normalized spacial score (nSPS) is 11.0. The summed E-state index contributed by atoms with van der Waals surface area (Å²) in [5.74, 6) is 0.720. The first kappa shape index (κ1) is 21.5. The molecule has 0 saturated heterocycles. The molecular weight excluding hydrogens is 492 g/mol. The molecule has 1 heterocycles. The fourth-order valence-electron chi connectivity index (χ4n) is 4.39. The van der Waals surface area contributed by atoms with E-state index in [0.29, 0.717) is 0 Å². The monoisotopic (exact) mass is 512 g/mol. The Morgan fingerprint density at radius 3 is 1.57 bits per heavy atom. The van der Waals surface area contributed by atoms with E-state index in [-0.39, 0.29) is 0 Å². The van der Waals surface area contributed by atoms with E-state index in [1.807, 2.05) is 24.3 Å². The highest BCUT2D eigenvalue weighted by atomic mass is 79.9. The summed E-state index contributed by atoms with van der Waals surface area (Å²) in [6.45, 7) is 0. The van der Waals surface area contributed by atoms with Crippen molar-refractivity contribution in [2.75, 3.05) is 0 Å². The number of nitrogens with zero attached hydrogens (tertiary/aromatic N) is 2. The number of hydrogen-bond donors (Lipinski definition) is 0. The van der Waals surface area contributed by atoms with Crippen molar-refractivity contribution in [1.82, 2.24) is 9.97 Å². The number of benzene rings is 5. The summed E-state index contributed by atoms with van der Waals surface area (Å²) in [6, 6.07) is 43.9. The number of rotatable bonds is 4. The number of halogens is 1. The first-order valence-electron chi connectivity index (χ1n) is 11.5. The molecule has 6 rings (SSSR count). The van der Waals surface area contributed by atoms with Gasteiger partial charge in [-0.15, -0.1) is 0 Å². The second-order valence-corrected chi connectivity index (χ2v) is 9.27. The lowest BCUT2D eigenvalue weighted by atomic mass is 10.0. The minimum atomic E-state index is 0.720. The van der Waals surface area contributed by atoms with Crippen molar-refractivity contribution in [3.05, 3.63) is 132 Å². The third-order valence-corrected chi connectivity index (χ3v) is 6.89. The van der Waals surface area contributed by atoms with Gasteiger partial charge < -0.3 is 0 Å². The minimum absolute atomic E-state index is 0.720. The van der Waals surface area contributed by atoms with E-state index in [2.05, 4.69) is 119 Å². The molecule has 3 heteroatoms. The fourth-order valence-corrected chi connectivity index (χ4v) is 4.87. The molecular formula is C32H21BrN2. The van der Waals surface area contributed by atoms with Gasteiger partial charge in [0.2, 0.25) is 0 Å². The van der Waals surface area contributed by atoms with E-state index in [4.69, 9.17) is 9.97 Å². The van der Waals surface area contributed by atoms with Crippen LogP contribution in [0.3, 0.4) is 0 Å². The number of aromatic nitrogens is 2. The summed E-state index contributed by atoms with van der Waals surface area (Å²) in [5.41, 5.74) is 7.35. The van der Waals surface area contributed by atoms with Crippen molar-refractivity contribution >= 4 is 26.7 Å². The van der Waals surface area contributed by atoms with Gasteiger partial charge in [0, 0.05) is 21.2 Å². The summed E-state index contributed by atoms with van der Waals surface area (Å²) in [5, 5.41) is 2.27. The number of fused-ring (bicyclic) bond motifs is 1. The first-order valence-corrected chi connectivity index (χ1v) is 12.3. The molecule has 5 aromatic carbocycles. The molecule has 6 aromatic rings. The molecule has 0 N–H and O–H groups in total. The quantitative estimate of drug-likeness (QED) is 0.235. The molecule has 2 nitrogen and oxygen atoms in total. The standard InChI is InChI=1S/C32H21BrN2/c33-29-20-19-28(26-13-7-8-14-27(26)29)32-34-30(24-11-5-2-6-12-24)21-31(35-32)25-17-15-23(16-18-25)22-9-3-1-4-10-22/h1-21H. The Balaban J connectivity index is 1.52. The molecule has 0 fully saturated rings. The van der Waals surface area contributed by atoms with Gasteiger partial charge in [-0.3, -0.25) is 0 Å². The summed E-state index contributed by atoms with van der Waals surface area (Å²) < 4.78 is 1.06. The molecule has 0 radical (unpaired) electrons. The van der Waals surface area contributed by atoms with Crippen LogP contribution in [0.5, 0.6) is 0 Å². The van der Waals surface area contributed by atoms with Gasteiger partial charge in [-0.2, -0.15) is 0 Å². The van der Waals surface area contributed by atoms with Crippen molar-refractivity contribution < 1.29 is 0 Å². The topological polar surface area (TPSA) is 25.8 Å². The van der Waals surface area contributed by atoms with Gasteiger partial charge >= 0.3 is 0 Å². The average molecular weight is 513 g/mol. The first-order chi connectivity index (χ1) is 17.3. The Hall–Kier alpha value is -4.08. The maximum atomic E-state index is 5.06. The van der Waals surface area contributed by atoms with Crippen LogP contribution in [0, 0.1) is 0 Å². The average Bonchev–Trinajstić information content (AvgIpc) is 2.94. The van der Waals surface area contributed by atoms with Gasteiger partial charge in [-0.25, -0.2) is 9.97 Å². The molecule has 0 saturated carbocycles. The van der Waals surface area contributed by atoms with E-state index < -0.39 is 0 Å². The van der Waals surface area contributed by atoms with E-state index in [1.54, 1.807) is 0 Å². The molecule has 0 amide bonds. The smallest absolute Gasteiger partial charge is 0.161 e. The van der Waals surface area contributed by atoms with Crippen molar-refractivity contribution in [3.8, 4) is 45.0 Å². The maximum absolute atomic E-state index is 5.06. The Kier molecular flexibility index (Phi) is 5.69. The van der Waals surface area contributed by atoms with Gasteiger partial charge in [0.05, 0.1) is 11.4 Å². The van der Waals surface area contributed by atoms with Crippen molar-refractivity contribution in [2.24, 2.45) is 0 Å². The van der Waals surface area contributed by atoms with Crippen LogP contribution in [0.2, 0.25) is 0 Å². The second kappa shape index (κ2) is 9.28. The second-order valence-electron chi connectivity index (χ2n) is 8.41. The molecule has 35 heavy (non-hydrogen) atoms. The van der Waals surface area contributed by atoms with Crippen LogP contribution in [0.15, 0.2) is 132 Å².